The van der Waals surface area contributed by atoms with E-state index in [1.807, 2.05) is 78.3 Å². The molecule has 5 aromatic rings. The molecule has 166 valence electrons. The third-order valence-corrected chi connectivity index (χ3v) is 5.45. The highest BCUT2D eigenvalue weighted by molar-refractivity contribution is 6.05. The summed E-state index contributed by atoms with van der Waals surface area (Å²) in [4.78, 5) is 28.8. The summed E-state index contributed by atoms with van der Waals surface area (Å²) in [5, 5.41) is 11.2. The fourth-order valence-electron chi connectivity index (χ4n) is 3.62. The third kappa shape index (κ3) is 4.40. The first-order valence-electron chi connectivity index (χ1n) is 10.7. The van der Waals surface area contributed by atoms with Gasteiger partial charge in [0, 0.05) is 40.3 Å². The van der Waals surface area contributed by atoms with E-state index in [0.29, 0.717) is 22.5 Å². The molecular weight excluding hydrogens is 426 g/mol. The van der Waals surface area contributed by atoms with E-state index in [1.165, 1.54) is 0 Å². The Morgan fingerprint density at radius 2 is 1.35 bits per heavy atom. The van der Waals surface area contributed by atoms with E-state index in [-0.39, 0.29) is 11.8 Å². The van der Waals surface area contributed by atoms with E-state index in [1.54, 1.807) is 30.7 Å². The number of hydrogen-bond donors (Lipinski definition) is 2. The van der Waals surface area contributed by atoms with Gasteiger partial charge in [-0.25, -0.2) is 4.68 Å². The maximum absolute atomic E-state index is 12.5. The minimum atomic E-state index is -0.195. The molecule has 0 atom stereocenters. The normalized spacial score (nSPS) is 10.7. The predicted octanol–water partition coefficient (Wildman–Crippen LogP) is 5.23. The summed E-state index contributed by atoms with van der Waals surface area (Å²) in [5.41, 5.74) is 5.40. The van der Waals surface area contributed by atoms with Crippen molar-refractivity contribution in [1.82, 2.24) is 14.8 Å². The molecule has 34 heavy (non-hydrogen) atoms. The number of aryl methyl sites for hydroxylation is 1. The number of amides is 2. The molecule has 0 fully saturated rings. The molecule has 0 bridgehead atoms. The van der Waals surface area contributed by atoms with Crippen molar-refractivity contribution in [2.24, 2.45) is 0 Å². The number of nitrogens with zero attached hydrogens (tertiary/aromatic N) is 3. The maximum Gasteiger partial charge on any atom is 0.255 e. The number of aromatic nitrogens is 3. The second-order valence-electron chi connectivity index (χ2n) is 7.89. The molecule has 0 saturated heterocycles. The molecule has 3 aromatic carbocycles. The summed E-state index contributed by atoms with van der Waals surface area (Å²) in [6.45, 7) is 1.99. The van der Waals surface area contributed by atoms with Gasteiger partial charge >= 0.3 is 0 Å². The number of fused-ring (bicyclic) bond motifs is 1. The maximum atomic E-state index is 12.5. The van der Waals surface area contributed by atoms with E-state index in [0.717, 1.165) is 22.2 Å². The Bertz CT molecular complexity index is 1470. The van der Waals surface area contributed by atoms with E-state index in [4.69, 9.17) is 0 Å². The van der Waals surface area contributed by atoms with Gasteiger partial charge in [-0.3, -0.25) is 14.6 Å². The molecule has 0 aliphatic heterocycles. The van der Waals surface area contributed by atoms with Gasteiger partial charge in [-0.05, 0) is 73.7 Å². The first kappa shape index (κ1) is 21.1. The summed E-state index contributed by atoms with van der Waals surface area (Å²) >= 11 is 0. The molecule has 2 heterocycles. The molecule has 7 nitrogen and oxygen atoms in total. The van der Waals surface area contributed by atoms with Crippen molar-refractivity contribution in [3.63, 3.8) is 0 Å². The lowest BCUT2D eigenvalue weighted by Gasteiger charge is -2.09. The quantitative estimate of drug-likeness (QED) is 0.386. The van der Waals surface area contributed by atoms with Gasteiger partial charge in [0.25, 0.3) is 11.8 Å². The molecule has 0 unspecified atom stereocenters. The molecule has 0 radical (unpaired) electrons. The Labute approximate surface area is 196 Å². The average Bonchev–Trinajstić information content (AvgIpc) is 3.28. The standard InChI is InChI=1S/C27H21N5O2/c1-18-2-4-19(5-3-18)26(33)31-23-8-11-25-21(16-23)17-29-32(25)24-9-6-22(7-10-24)30-27(34)20-12-14-28-15-13-20/h2-17H,1H3,(H,30,34)(H,31,33). The Balaban J connectivity index is 1.32. The summed E-state index contributed by atoms with van der Waals surface area (Å²) in [6, 6.07) is 23.9. The number of anilines is 2. The van der Waals surface area contributed by atoms with Crippen LogP contribution in [-0.4, -0.2) is 26.6 Å². The lowest BCUT2D eigenvalue weighted by atomic mass is 10.1. The lowest BCUT2D eigenvalue weighted by Crippen LogP contribution is -2.11. The van der Waals surface area contributed by atoms with E-state index in [2.05, 4.69) is 20.7 Å². The van der Waals surface area contributed by atoms with Crippen LogP contribution in [0.15, 0.2) is 97.5 Å². The van der Waals surface area contributed by atoms with Gasteiger partial charge in [-0.1, -0.05) is 17.7 Å². The van der Waals surface area contributed by atoms with Crippen LogP contribution < -0.4 is 10.6 Å². The Morgan fingerprint density at radius 1 is 0.735 bits per heavy atom. The predicted molar refractivity (Wildman–Crippen MR) is 132 cm³/mol. The van der Waals surface area contributed by atoms with E-state index in [9.17, 15) is 9.59 Å². The summed E-state index contributed by atoms with van der Waals surface area (Å²) in [6.07, 6.45) is 4.93. The van der Waals surface area contributed by atoms with Crippen LogP contribution >= 0.6 is 0 Å². The van der Waals surface area contributed by atoms with Crippen molar-refractivity contribution in [1.29, 1.82) is 0 Å². The Kier molecular flexibility index (Phi) is 5.58. The van der Waals surface area contributed by atoms with Crippen LogP contribution in [-0.2, 0) is 0 Å². The minimum absolute atomic E-state index is 0.156. The largest absolute Gasteiger partial charge is 0.322 e. The number of carbonyl (C=O) groups excluding carboxylic acids is 2. The lowest BCUT2D eigenvalue weighted by molar-refractivity contribution is 0.101. The average molecular weight is 447 g/mol. The van der Waals surface area contributed by atoms with Crippen LogP contribution in [0.3, 0.4) is 0 Å². The highest BCUT2D eigenvalue weighted by Gasteiger charge is 2.10. The van der Waals surface area contributed by atoms with Crippen LogP contribution in [0.25, 0.3) is 16.6 Å². The van der Waals surface area contributed by atoms with E-state index < -0.39 is 0 Å². The summed E-state index contributed by atoms with van der Waals surface area (Å²) < 4.78 is 1.81. The number of nitrogens with one attached hydrogen (secondary N) is 2. The second-order valence-corrected chi connectivity index (χ2v) is 7.89. The molecule has 0 aliphatic rings. The van der Waals surface area contributed by atoms with Crippen molar-refractivity contribution >= 4 is 34.1 Å². The van der Waals surface area contributed by atoms with Gasteiger partial charge in [-0.2, -0.15) is 5.10 Å². The third-order valence-electron chi connectivity index (χ3n) is 5.45. The van der Waals surface area contributed by atoms with Gasteiger partial charge in [0.05, 0.1) is 17.4 Å². The Hall–Kier alpha value is -4.78. The number of pyridine rings is 1. The number of benzene rings is 3. The number of rotatable bonds is 5. The van der Waals surface area contributed by atoms with Crippen molar-refractivity contribution in [2.75, 3.05) is 10.6 Å². The molecule has 5 rings (SSSR count). The van der Waals surface area contributed by atoms with Gasteiger partial charge in [-0.15, -0.1) is 0 Å². The Morgan fingerprint density at radius 3 is 2.06 bits per heavy atom. The van der Waals surface area contributed by atoms with E-state index >= 15 is 0 Å². The van der Waals surface area contributed by atoms with Gasteiger partial charge in [0.2, 0.25) is 0 Å². The smallest absolute Gasteiger partial charge is 0.255 e. The highest BCUT2D eigenvalue weighted by Crippen LogP contribution is 2.23. The van der Waals surface area contributed by atoms with Crippen molar-refractivity contribution in [3.8, 4) is 5.69 Å². The van der Waals surface area contributed by atoms with Crippen molar-refractivity contribution < 1.29 is 9.59 Å². The summed E-state index contributed by atoms with van der Waals surface area (Å²) in [5.74, 6) is -0.351. The SMILES string of the molecule is Cc1ccc(C(=O)Nc2ccc3c(cnn3-c3ccc(NC(=O)c4ccncc4)cc3)c2)cc1. The fourth-order valence-corrected chi connectivity index (χ4v) is 3.62. The molecule has 2 amide bonds. The number of hydrogen-bond acceptors (Lipinski definition) is 4. The van der Waals surface area contributed by atoms with Gasteiger partial charge in [0.1, 0.15) is 0 Å². The summed E-state index contributed by atoms with van der Waals surface area (Å²) in [7, 11) is 0. The zero-order valence-corrected chi connectivity index (χ0v) is 18.4. The first-order valence-corrected chi connectivity index (χ1v) is 10.7. The van der Waals surface area contributed by atoms with Gasteiger partial charge < -0.3 is 10.6 Å². The van der Waals surface area contributed by atoms with Crippen LogP contribution in [0.4, 0.5) is 11.4 Å². The van der Waals surface area contributed by atoms with Crippen LogP contribution in [0.1, 0.15) is 26.3 Å². The second kappa shape index (κ2) is 8.99. The minimum Gasteiger partial charge on any atom is -0.322 e. The van der Waals surface area contributed by atoms with Crippen LogP contribution in [0.2, 0.25) is 0 Å². The topological polar surface area (TPSA) is 88.9 Å². The molecule has 7 heteroatoms. The van der Waals surface area contributed by atoms with Gasteiger partial charge in [0.15, 0.2) is 0 Å². The molecule has 0 saturated carbocycles. The zero-order valence-electron chi connectivity index (χ0n) is 18.4. The van der Waals surface area contributed by atoms with Crippen LogP contribution in [0.5, 0.6) is 0 Å². The number of carbonyl (C=O) groups is 2. The first-order chi connectivity index (χ1) is 16.6. The highest BCUT2D eigenvalue weighted by atomic mass is 16.2. The zero-order chi connectivity index (χ0) is 23.5. The molecule has 2 N–H and O–H groups in total. The molecular formula is C27H21N5O2. The van der Waals surface area contributed by atoms with Crippen molar-refractivity contribution in [3.05, 3.63) is 114 Å². The molecule has 0 aliphatic carbocycles. The fraction of sp³-hybridized carbons (Fsp3) is 0.0370. The van der Waals surface area contributed by atoms with Crippen molar-refractivity contribution in [2.45, 2.75) is 6.92 Å². The molecule has 0 spiro atoms. The monoisotopic (exact) mass is 447 g/mol. The molecule has 2 aromatic heterocycles. The van der Waals surface area contributed by atoms with Crippen LogP contribution in [0, 0.1) is 6.92 Å².